The van der Waals surface area contributed by atoms with Crippen molar-refractivity contribution in [1.29, 1.82) is 5.26 Å². The van der Waals surface area contributed by atoms with E-state index in [0.29, 0.717) is 26.0 Å². The summed E-state index contributed by atoms with van der Waals surface area (Å²) in [4.78, 5) is 42.3. The van der Waals surface area contributed by atoms with Crippen molar-refractivity contribution in [3.63, 3.8) is 0 Å². The second-order valence-electron chi connectivity index (χ2n) is 16.1. The van der Waals surface area contributed by atoms with Crippen LogP contribution >= 0.6 is 113 Å². The van der Waals surface area contributed by atoms with Crippen molar-refractivity contribution in [3.8, 4) is 23.3 Å². The van der Waals surface area contributed by atoms with Crippen molar-refractivity contribution in [2.75, 3.05) is 14.2 Å². The Morgan fingerprint density at radius 1 is 0.440 bits per heavy atom. The van der Waals surface area contributed by atoms with Crippen LogP contribution in [0.15, 0.2) is 152 Å². The van der Waals surface area contributed by atoms with Crippen molar-refractivity contribution in [1.82, 2.24) is 0 Å². The van der Waals surface area contributed by atoms with Crippen LogP contribution < -0.4 is 0 Å². The molecule has 0 unspecified atom stereocenters. The maximum atomic E-state index is 13.0. The van der Waals surface area contributed by atoms with Gasteiger partial charge in [-0.2, -0.15) is 5.26 Å². The number of aromatic carboxylic acids is 2. The molecule has 84 heavy (non-hydrogen) atoms. The number of halogens is 12. The number of aromatic hydroxyl groups is 3. The number of carbonyl (C=O) groups excluding carboxylic acids is 2. The van der Waals surface area contributed by atoms with E-state index in [0.717, 1.165) is 45.0 Å². The fourth-order valence-electron chi connectivity index (χ4n) is 5.55. The predicted octanol–water partition coefficient (Wildman–Crippen LogP) is 16.8. The van der Waals surface area contributed by atoms with Crippen molar-refractivity contribution < 1.29 is 84.9 Å². The Balaban J connectivity index is 0.000000481. The van der Waals surface area contributed by atoms with Crippen LogP contribution in [0.2, 0.25) is 0 Å². The standard InChI is InChI=1S/C8H5FIN.2C8H6FIO2.C8H10O.C7H4FIO2.C7H6FI.C7H5FO3.C7H7FO/c9-8-5-7(10)2-1-6(8)3-4-11;2*1-12-8(11)6-3-2-5(10)4-7(6)9;1-2-7-4-3-5-8(9)6-7;8-6-3-4(9)1-2-5(6)7(10)11;1-5-2-3-6(9)4-7(5)8;8-6-3-4(9)1-2-5(6)7(10)11;1-5-2-3-6(9)4-7(5)8/h1-2,5H,3H2;2*2-4H,1H3;3-6,9H,2H2,1H3;1-3H,(H,10,11);2-4H,1H3;1-3,9H,(H,10,11);2-4,9H,1H3. The number of nitrogens with zero attached hydrogens (tertiary/aromatic N) is 1. The van der Waals surface area contributed by atoms with Crippen LogP contribution in [-0.4, -0.2) is 63.6 Å². The minimum atomic E-state index is -1.34. The van der Waals surface area contributed by atoms with Gasteiger partial charge in [-0.3, -0.25) is 0 Å². The van der Waals surface area contributed by atoms with Gasteiger partial charge in [0.2, 0.25) is 0 Å². The lowest BCUT2D eigenvalue weighted by atomic mass is 10.1. The average Bonchev–Trinajstić information content (AvgIpc) is 3.56. The smallest absolute Gasteiger partial charge is 0.340 e. The van der Waals surface area contributed by atoms with Crippen molar-refractivity contribution in [2.24, 2.45) is 0 Å². The highest BCUT2D eigenvalue weighted by Crippen LogP contribution is 2.18. The molecule has 0 aliphatic carbocycles. The van der Waals surface area contributed by atoms with Gasteiger partial charge in [0.1, 0.15) is 58.0 Å². The number of phenols is 3. The Hall–Kier alpha value is -6.31. The topological polar surface area (TPSA) is 212 Å². The monoisotopic (exact) mass is 1730 g/mol. The third-order valence-corrected chi connectivity index (χ3v) is 13.3. The van der Waals surface area contributed by atoms with E-state index in [1.54, 1.807) is 62.4 Å². The molecule has 444 valence electrons. The number of esters is 2. The molecule has 24 heteroatoms. The van der Waals surface area contributed by atoms with E-state index in [4.69, 9.17) is 30.8 Å². The Labute approximate surface area is 547 Å². The molecule has 0 fully saturated rings. The zero-order chi connectivity index (χ0) is 63.8. The summed E-state index contributed by atoms with van der Waals surface area (Å²) >= 11 is 9.95. The van der Waals surface area contributed by atoms with Crippen LogP contribution in [-0.2, 0) is 22.3 Å². The van der Waals surface area contributed by atoms with Gasteiger partial charge in [0.15, 0.2) is 0 Å². The van der Waals surface area contributed by atoms with Gasteiger partial charge >= 0.3 is 23.9 Å². The molecule has 0 atom stereocenters. The van der Waals surface area contributed by atoms with Crippen molar-refractivity contribution >= 4 is 137 Å². The van der Waals surface area contributed by atoms with Crippen LogP contribution in [0.1, 0.15) is 70.6 Å². The number of carboxylic acids is 2. The van der Waals surface area contributed by atoms with E-state index in [-0.39, 0.29) is 52.1 Å². The quantitative estimate of drug-likeness (QED) is 0.0598. The molecule has 0 bridgehead atoms. The lowest BCUT2D eigenvalue weighted by molar-refractivity contribution is 0.0586. The molecular weight excluding hydrogens is 1680 g/mol. The van der Waals surface area contributed by atoms with E-state index in [1.165, 1.54) is 80.4 Å². The SMILES string of the molecule is CCc1cccc(O)c1.COC(=O)c1ccc(I)cc1F.COC(=O)c1ccc(I)cc1F.Cc1ccc(I)cc1F.Cc1ccc(O)cc1F.N#CCc1ccc(I)cc1F.O=C(O)c1ccc(I)cc1F.O=C(O)c1ccc(O)cc1F. The summed E-state index contributed by atoms with van der Waals surface area (Å²) in [5.74, 6) is -7.34. The molecule has 0 aliphatic rings. The minimum absolute atomic E-state index is 0.0295. The fraction of sp³-hybridized carbons (Fsp3) is 0.117. The molecule has 12 nitrogen and oxygen atoms in total. The van der Waals surface area contributed by atoms with E-state index in [9.17, 15) is 49.9 Å². The number of methoxy groups -OCH3 is 2. The first-order valence-electron chi connectivity index (χ1n) is 23.4. The normalized spacial score (nSPS) is 9.52. The Bertz CT molecular complexity index is 3360. The molecule has 0 heterocycles. The lowest BCUT2D eigenvalue weighted by Gasteiger charge is -2.00. The zero-order valence-electron chi connectivity index (χ0n) is 44.5. The molecule has 0 amide bonds. The molecule has 0 aliphatic heterocycles. The maximum Gasteiger partial charge on any atom is 0.340 e. The van der Waals surface area contributed by atoms with Gasteiger partial charge in [0.05, 0.1) is 49.0 Å². The molecule has 0 saturated carbocycles. The highest BCUT2D eigenvalue weighted by atomic mass is 127. The van der Waals surface area contributed by atoms with Crippen LogP contribution in [0, 0.1) is 83.8 Å². The maximum absolute atomic E-state index is 13.0. The second kappa shape index (κ2) is 40.1. The van der Waals surface area contributed by atoms with Gasteiger partial charge in [0, 0.05) is 35.5 Å². The second-order valence-corrected chi connectivity index (χ2v) is 22.3. The highest BCUT2D eigenvalue weighted by molar-refractivity contribution is 14.1. The van der Waals surface area contributed by atoms with E-state index in [2.05, 4.69) is 39.0 Å². The average molecular weight is 1730 g/mol. The minimum Gasteiger partial charge on any atom is -0.508 e. The number of hydrogen-bond acceptors (Lipinski definition) is 10. The zero-order valence-corrected chi connectivity index (χ0v) is 55.3. The molecule has 5 N–H and O–H groups in total. The molecule has 8 aromatic rings. The van der Waals surface area contributed by atoms with Gasteiger partial charge in [-0.05, 0) is 259 Å². The van der Waals surface area contributed by atoms with Crippen LogP contribution in [0.3, 0.4) is 0 Å². The number of rotatable bonds is 6. The highest BCUT2D eigenvalue weighted by Gasteiger charge is 2.13. The molecule has 0 aromatic heterocycles. The van der Waals surface area contributed by atoms with Crippen LogP contribution in [0.25, 0.3) is 0 Å². The summed E-state index contributed by atoms with van der Waals surface area (Å²) in [6.07, 6.45) is 1.12. The number of ether oxygens (including phenoxy) is 2. The molecular formula is C60H49F7I5NO11. The largest absolute Gasteiger partial charge is 0.508 e. The third kappa shape index (κ3) is 29.5. The fourth-order valence-corrected chi connectivity index (χ4v) is 7.81. The van der Waals surface area contributed by atoms with E-state index in [1.807, 2.05) is 115 Å². The number of hydrogen-bond donors (Lipinski definition) is 5. The first-order chi connectivity index (χ1) is 39.5. The Morgan fingerprint density at radius 3 is 1.07 bits per heavy atom. The Morgan fingerprint density at radius 2 is 0.762 bits per heavy atom. The van der Waals surface area contributed by atoms with Gasteiger partial charge in [-0.15, -0.1) is 0 Å². The van der Waals surface area contributed by atoms with Gasteiger partial charge < -0.3 is 35.0 Å². The van der Waals surface area contributed by atoms with Crippen molar-refractivity contribution in [3.05, 3.63) is 255 Å². The number of carboxylic acid groups (broad SMARTS) is 2. The predicted molar refractivity (Wildman–Crippen MR) is 345 cm³/mol. The molecule has 0 saturated heterocycles. The molecule has 0 spiro atoms. The summed E-state index contributed by atoms with van der Waals surface area (Å²) in [6, 6.07) is 38.9. The number of nitriles is 1. The number of carbonyl (C=O) groups is 4. The first kappa shape index (κ1) is 75.7. The number of phenolic OH excluding ortho intramolecular Hbond substituents is 3. The molecule has 0 radical (unpaired) electrons. The number of aryl methyl sites for hydroxylation is 3. The van der Waals surface area contributed by atoms with Gasteiger partial charge in [-0.25, -0.2) is 49.9 Å². The first-order valence-corrected chi connectivity index (χ1v) is 28.8. The summed E-state index contributed by atoms with van der Waals surface area (Å²) in [5, 5.41) is 51.4. The lowest BCUT2D eigenvalue weighted by Crippen LogP contribution is -2.04. The summed E-state index contributed by atoms with van der Waals surface area (Å²) in [7, 11) is 2.44. The summed E-state index contributed by atoms with van der Waals surface area (Å²) in [6.45, 7) is 5.47. The Kier molecular flexibility index (Phi) is 36.1. The number of benzene rings is 8. The van der Waals surface area contributed by atoms with E-state index >= 15 is 0 Å². The molecule has 8 rings (SSSR count). The van der Waals surface area contributed by atoms with Crippen LogP contribution in [0.4, 0.5) is 30.7 Å². The summed E-state index contributed by atoms with van der Waals surface area (Å²) < 4.78 is 102. The van der Waals surface area contributed by atoms with E-state index < -0.39 is 52.7 Å². The van der Waals surface area contributed by atoms with Gasteiger partial charge in [-0.1, -0.05) is 37.3 Å². The van der Waals surface area contributed by atoms with Gasteiger partial charge in [0.25, 0.3) is 0 Å². The van der Waals surface area contributed by atoms with Crippen molar-refractivity contribution in [2.45, 2.75) is 33.6 Å². The summed E-state index contributed by atoms with van der Waals surface area (Å²) in [5.41, 5.74) is 2.11. The third-order valence-electron chi connectivity index (χ3n) is 9.91. The molecule has 8 aromatic carbocycles. The van der Waals surface area contributed by atoms with Crippen LogP contribution in [0.5, 0.6) is 17.2 Å².